The molecule has 0 radical (unpaired) electrons. The van der Waals surface area contributed by atoms with Gasteiger partial charge in [-0.05, 0) is 42.7 Å². The van der Waals surface area contributed by atoms with E-state index < -0.39 is 0 Å². The molecular weight excluding hydrogens is 542 g/mol. The van der Waals surface area contributed by atoms with Crippen molar-refractivity contribution in [1.29, 1.82) is 0 Å². The maximum absolute atomic E-state index is 14.5. The maximum atomic E-state index is 14.5. The van der Waals surface area contributed by atoms with Gasteiger partial charge >= 0.3 is 5.69 Å². The molecule has 9 heteroatoms. The molecule has 6 rings (SSSR count). The molecule has 2 aliphatic heterocycles. The van der Waals surface area contributed by atoms with Gasteiger partial charge in [-0.15, -0.1) is 0 Å². The summed E-state index contributed by atoms with van der Waals surface area (Å²) in [6.45, 7) is 5.40. The minimum atomic E-state index is -0.248. The number of ether oxygens (including phenoxy) is 1. The van der Waals surface area contributed by atoms with Gasteiger partial charge in [-0.25, -0.2) is 4.79 Å². The van der Waals surface area contributed by atoms with Gasteiger partial charge in [0.15, 0.2) is 0 Å². The first-order valence-electron chi connectivity index (χ1n) is 15.0. The lowest BCUT2D eigenvalue weighted by Crippen LogP contribution is -2.47. The van der Waals surface area contributed by atoms with Crippen molar-refractivity contribution in [1.82, 2.24) is 24.3 Å². The lowest BCUT2D eigenvalue weighted by atomic mass is 10.0. The summed E-state index contributed by atoms with van der Waals surface area (Å²) in [5.74, 6) is 1.20. The van der Waals surface area contributed by atoms with Gasteiger partial charge in [-0.2, -0.15) is 0 Å². The Labute approximate surface area is 251 Å². The maximum Gasteiger partial charge on any atom is 0.329 e. The third kappa shape index (κ3) is 6.12. The van der Waals surface area contributed by atoms with Crippen LogP contribution in [0.1, 0.15) is 41.9 Å². The lowest BCUT2D eigenvalue weighted by Gasteiger charge is -2.33. The quantitative estimate of drug-likeness (QED) is 0.351. The molecule has 1 unspecified atom stereocenters. The molecular formula is C34H37N5O4. The summed E-state index contributed by atoms with van der Waals surface area (Å²) < 4.78 is 9.48. The van der Waals surface area contributed by atoms with E-state index in [1.54, 1.807) is 21.0 Å². The number of nitrogens with one attached hydrogen (secondary N) is 1. The number of piperidine rings is 1. The normalized spacial score (nSPS) is 17.1. The van der Waals surface area contributed by atoms with Crippen molar-refractivity contribution < 1.29 is 14.3 Å². The molecule has 3 heterocycles. The molecule has 2 aliphatic rings. The van der Waals surface area contributed by atoms with Gasteiger partial charge in [0.25, 0.3) is 5.91 Å². The van der Waals surface area contributed by atoms with Crippen molar-refractivity contribution >= 4 is 11.8 Å². The number of imidazole rings is 1. The number of hydrogen-bond acceptors (Lipinski definition) is 5. The molecule has 2 saturated heterocycles. The van der Waals surface area contributed by atoms with Crippen LogP contribution in [0.15, 0.2) is 89.7 Å². The van der Waals surface area contributed by atoms with Crippen LogP contribution in [0.2, 0.25) is 0 Å². The molecule has 0 aliphatic carbocycles. The minimum absolute atomic E-state index is 0.00853. The first-order valence-corrected chi connectivity index (χ1v) is 15.0. The van der Waals surface area contributed by atoms with E-state index in [0.29, 0.717) is 56.4 Å². The summed E-state index contributed by atoms with van der Waals surface area (Å²) in [7, 11) is 0. The van der Waals surface area contributed by atoms with E-state index >= 15 is 0 Å². The molecule has 1 aromatic heterocycles. The summed E-state index contributed by atoms with van der Waals surface area (Å²) in [4.78, 5) is 44.9. The van der Waals surface area contributed by atoms with E-state index in [-0.39, 0.29) is 30.1 Å². The summed E-state index contributed by atoms with van der Waals surface area (Å²) in [5.41, 5.74) is 2.39. The van der Waals surface area contributed by atoms with Crippen LogP contribution in [0.4, 0.5) is 0 Å². The fourth-order valence-electron chi connectivity index (χ4n) is 6.12. The number of carbonyl (C=O) groups is 2. The van der Waals surface area contributed by atoms with Crippen LogP contribution in [0.3, 0.4) is 0 Å². The Hall–Kier alpha value is -4.63. The van der Waals surface area contributed by atoms with Crippen LogP contribution in [0, 0.1) is 0 Å². The number of benzene rings is 3. The van der Waals surface area contributed by atoms with E-state index in [0.717, 1.165) is 29.7 Å². The number of para-hydroxylation sites is 1. The average molecular weight is 580 g/mol. The number of amides is 2. The Kier molecular flexibility index (Phi) is 8.42. The smallest absolute Gasteiger partial charge is 0.329 e. The molecule has 3 aromatic carbocycles. The number of likely N-dealkylation sites (tertiary alicyclic amines) is 1. The molecule has 0 saturated carbocycles. The summed E-state index contributed by atoms with van der Waals surface area (Å²) in [5, 5.41) is 3.31. The SMILES string of the molecule is CC(=O)N1CCCC(n2c(-c3ccccc3)c(C(=O)N3CCNCC3)n(Cc3cccc(Oc4ccccc4)c3)c2=O)C1. The Bertz CT molecular complexity index is 1640. The van der Waals surface area contributed by atoms with Crippen LogP contribution < -0.4 is 15.7 Å². The molecule has 0 spiro atoms. The topological polar surface area (TPSA) is 88.8 Å². The second kappa shape index (κ2) is 12.7. The van der Waals surface area contributed by atoms with Crippen LogP contribution in [-0.4, -0.2) is 70.0 Å². The van der Waals surface area contributed by atoms with Gasteiger partial charge in [0, 0.05) is 51.8 Å². The van der Waals surface area contributed by atoms with Gasteiger partial charge < -0.3 is 19.9 Å². The van der Waals surface area contributed by atoms with Gasteiger partial charge in [-0.1, -0.05) is 60.7 Å². The zero-order valence-electron chi connectivity index (χ0n) is 24.4. The zero-order valence-corrected chi connectivity index (χ0v) is 24.4. The van der Waals surface area contributed by atoms with Crippen molar-refractivity contribution in [3.05, 3.63) is 107 Å². The number of nitrogens with zero attached hydrogens (tertiary/aromatic N) is 4. The van der Waals surface area contributed by atoms with Crippen LogP contribution in [0.5, 0.6) is 11.5 Å². The van der Waals surface area contributed by atoms with E-state index in [1.165, 1.54) is 0 Å². The molecule has 1 N–H and O–H groups in total. The Balaban J connectivity index is 1.48. The van der Waals surface area contributed by atoms with E-state index in [1.807, 2.05) is 89.8 Å². The highest BCUT2D eigenvalue weighted by atomic mass is 16.5. The van der Waals surface area contributed by atoms with E-state index in [9.17, 15) is 14.4 Å². The van der Waals surface area contributed by atoms with Gasteiger partial charge in [0.1, 0.15) is 17.2 Å². The van der Waals surface area contributed by atoms with Gasteiger partial charge in [0.2, 0.25) is 5.91 Å². The summed E-state index contributed by atoms with van der Waals surface area (Å²) in [6.07, 6.45) is 1.53. The second-order valence-electron chi connectivity index (χ2n) is 11.2. The molecule has 43 heavy (non-hydrogen) atoms. The summed E-state index contributed by atoms with van der Waals surface area (Å²) >= 11 is 0. The fraction of sp³-hybridized carbons (Fsp3) is 0.324. The number of piperazine rings is 1. The Morgan fingerprint density at radius 1 is 0.860 bits per heavy atom. The standard InChI is InChI=1S/C34H37N5O4/c1-25(40)37-19-9-13-28(24-37)39-31(27-11-4-2-5-12-27)32(33(41)36-20-17-35-18-21-36)38(34(39)42)23-26-10-8-16-30(22-26)43-29-14-6-3-7-15-29/h2-8,10-12,14-16,22,28,35H,9,13,17-21,23-24H2,1H3. The number of carbonyl (C=O) groups excluding carboxylic acids is 2. The third-order valence-electron chi connectivity index (χ3n) is 8.25. The fourth-order valence-corrected chi connectivity index (χ4v) is 6.12. The molecule has 4 aromatic rings. The van der Waals surface area contributed by atoms with Gasteiger partial charge in [-0.3, -0.25) is 18.7 Å². The lowest BCUT2D eigenvalue weighted by molar-refractivity contribution is -0.130. The van der Waals surface area contributed by atoms with Crippen LogP contribution in [0.25, 0.3) is 11.3 Å². The Morgan fingerprint density at radius 3 is 2.28 bits per heavy atom. The predicted octanol–water partition coefficient (Wildman–Crippen LogP) is 4.39. The monoisotopic (exact) mass is 579 g/mol. The van der Waals surface area contributed by atoms with E-state index in [2.05, 4.69) is 5.32 Å². The highest BCUT2D eigenvalue weighted by Gasteiger charge is 2.34. The van der Waals surface area contributed by atoms with Crippen molar-refractivity contribution in [3.8, 4) is 22.8 Å². The summed E-state index contributed by atoms with van der Waals surface area (Å²) in [6, 6.07) is 26.6. The van der Waals surface area contributed by atoms with Crippen molar-refractivity contribution in [2.45, 2.75) is 32.4 Å². The third-order valence-corrected chi connectivity index (χ3v) is 8.25. The first kappa shape index (κ1) is 28.5. The van der Waals surface area contributed by atoms with Crippen molar-refractivity contribution in [2.75, 3.05) is 39.3 Å². The number of hydrogen-bond donors (Lipinski definition) is 1. The molecule has 1 atom stereocenters. The van der Waals surface area contributed by atoms with Crippen LogP contribution >= 0.6 is 0 Å². The molecule has 222 valence electrons. The predicted molar refractivity (Wildman–Crippen MR) is 165 cm³/mol. The first-order chi connectivity index (χ1) is 21.0. The number of rotatable bonds is 7. The molecule has 2 fully saturated rings. The van der Waals surface area contributed by atoms with Crippen molar-refractivity contribution in [3.63, 3.8) is 0 Å². The highest BCUT2D eigenvalue weighted by Crippen LogP contribution is 2.32. The second-order valence-corrected chi connectivity index (χ2v) is 11.2. The van der Waals surface area contributed by atoms with Gasteiger partial charge in [0.05, 0.1) is 18.3 Å². The average Bonchev–Trinajstić information content (AvgIpc) is 3.33. The minimum Gasteiger partial charge on any atom is -0.457 e. The zero-order chi connectivity index (χ0) is 29.8. The van der Waals surface area contributed by atoms with Crippen molar-refractivity contribution in [2.24, 2.45) is 0 Å². The molecule has 2 amide bonds. The number of aromatic nitrogens is 2. The van der Waals surface area contributed by atoms with Crippen LogP contribution in [-0.2, 0) is 11.3 Å². The molecule has 0 bridgehead atoms. The van der Waals surface area contributed by atoms with E-state index in [4.69, 9.17) is 4.74 Å². The Morgan fingerprint density at radius 2 is 1.56 bits per heavy atom. The largest absolute Gasteiger partial charge is 0.457 e. The highest BCUT2D eigenvalue weighted by molar-refractivity contribution is 5.99. The molecule has 9 nitrogen and oxygen atoms in total.